The first-order valence-electron chi connectivity index (χ1n) is 10.3. The van der Waals surface area contributed by atoms with Crippen LogP contribution in [0.1, 0.15) is 35.3 Å². The second-order valence-electron chi connectivity index (χ2n) is 6.69. The van der Waals surface area contributed by atoms with Gasteiger partial charge in [-0.2, -0.15) is 5.10 Å². The summed E-state index contributed by atoms with van der Waals surface area (Å²) in [4.78, 5) is 12.3. The highest BCUT2D eigenvalue weighted by Gasteiger charge is 2.12. The van der Waals surface area contributed by atoms with E-state index in [0.29, 0.717) is 36.9 Å². The van der Waals surface area contributed by atoms with E-state index in [1.54, 1.807) is 30.5 Å². The van der Waals surface area contributed by atoms with Crippen LogP contribution in [-0.4, -0.2) is 25.3 Å². The third-order valence-electron chi connectivity index (χ3n) is 4.36. The van der Waals surface area contributed by atoms with Crippen molar-refractivity contribution in [3.63, 3.8) is 0 Å². The fourth-order valence-corrected chi connectivity index (χ4v) is 3.68. The van der Waals surface area contributed by atoms with Crippen LogP contribution in [0.15, 0.2) is 71.8 Å². The predicted molar refractivity (Wildman–Crippen MR) is 134 cm³/mol. The van der Waals surface area contributed by atoms with Crippen molar-refractivity contribution in [1.82, 2.24) is 5.43 Å². The summed E-state index contributed by atoms with van der Waals surface area (Å²) in [6.45, 7) is 5.37. The molecule has 166 valence electrons. The van der Waals surface area contributed by atoms with Crippen molar-refractivity contribution >= 4 is 34.7 Å². The first-order chi connectivity index (χ1) is 15.6. The summed E-state index contributed by atoms with van der Waals surface area (Å²) in [6.07, 6.45) is 1.58. The van der Waals surface area contributed by atoms with E-state index in [1.165, 1.54) is 0 Å². The summed E-state index contributed by atoms with van der Waals surface area (Å²) in [7, 11) is 0. The second kappa shape index (κ2) is 12.1. The highest BCUT2D eigenvalue weighted by atomic mass is 127. The molecule has 0 bridgehead atoms. The van der Waals surface area contributed by atoms with Gasteiger partial charge in [0.1, 0.15) is 12.4 Å². The number of ether oxygens (including phenoxy) is 3. The third-order valence-corrected chi connectivity index (χ3v) is 5.17. The van der Waals surface area contributed by atoms with Crippen molar-refractivity contribution < 1.29 is 19.0 Å². The SMILES string of the molecule is CCOc1ccc(C(=O)N/N=C/c2cc(I)c(OCc3ccccc3)c(OCC)c2)cc1. The lowest BCUT2D eigenvalue weighted by atomic mass is 10.2. The quantitative estimate of drug-likeness (QED) is 0.210. The Morgan fingerprint density at radius 2 is 1.69 bits per heavy atom. The lowest BCUT2D eigenvalue weighted by Crippen LogP contribution is -2.17. The molecule has 1 N–H and O–H groups in total. The van der Waals surface area contributed by atoms with E-state index in [2.05, 4.69) is 33.1 Å². The first-order valence-corrected chi connectivity index (χ1v) is 11.4. The normalized spacial score (nSPS) is 10.7. The number of benzene rings is 3. The molecular formula is C25H25IN2O4. The molecule has 3 aromatic carbocycles. The van der Waals surface area contributed by atoms with E-state index in [1.807, 2.05) is 56.3 Å². The number of hydrogen-bond donors (Lipinski definition) is 1. The van der Waals surface area contributed by atoms with Crippen LogP contribution in [0.5, 0.6) is 17.2 Å². The van der Waals surface area contributed by atoms with Gasteiger partial charge in [0.25, 0.3) is 5.91 Å². The topological polar surface area (TPSA) is 69.2 Å². The van der Waals surface area contributed by atoms with Crippen molar-refractivity contribution in [2.24, 2.45) is 5.10 Å². The van der Waals surface area contributed by atoms with E-state index in [-0.39, 0.29) is 5.91 Å². The van der Waals surface area contributed by atoms with Crippen LogP contribution in [0.3, 0.4) is 0 Å². The molecule has 1 amide bonds. The maximum atomic E-state index is 12.3. The fourth-order valence-electron chi connectivity index (χ4n) is 2.89. The molecule has 32 heavy (non-hydrogen) atoms. The van der Waals surface area contributed by atoms with Gasteiger partial charge >= 0.3 is 0 Å². The van der Waals surface area contributed by atoms with Crippen molar-refractivity contribution in [2.45, 2.75) is 20.5 Å². The molecule has 6 nitrogen and oxygen atoms in total. The van der Waals surface area contributed by atoms with Gasteiger partial charge in [-0.3, -0.25) is 4.79 Å². The Hall–Kier alpha value is -3.07. The van der Waals surface area contributed by atoms with E-state index in [0.717, 1.165) is 20.4 Å². The second-order valence-corrected chi connectivity index (χ2v) is 7.86. The largest absolute Gasteiger partial charge is 0.494 e. The first kappa shape index (κ1) is 23.6. The summed E-state index contributed by atoms with van der Waals surface area (Å²) in [5.41, 5.74) is 4.91. The number of hydrazone groups is 1. The average Bonchev–Trinajstić information content (AvgIpc) is 2.80. The number of hydrogen-bond acceptors (Lipinski definition) is 5. The number of carbonyl (C=O) groups excluding carboxylic acids is 1. The van der Waals surface area contributed by atoms with Crippen LogP contribution in [0.25, 0.3) is 0 Å². The van der Waals surface area contributed by atoms with Crippen LogP contribution in [0.4, 0.5) is 0 Å². The fraction of sp³-hybridized carbons (Fsp3) is 0.200. The summed E-state index contributed by atoms with van der Waals surface area (Å²) in [5, 5.41) is 4.09. The lowest BCUT2D eigenvalue weighted by Gasteiger charge is -2.14. The molecule has 7 heteroatoms. The Balaban J connectivity index is 1.67. The zero-order valence-corrected chi connectivity index (χ0v) is 20.2. The molecule has 0 atom stereocenters. The molecule has 0 aliphatic carbocycles. The number of nitrogens with zero attached hydrogens (tertiary/aromatic N) is 1. The van der Waals surface area contributed by atoms with Gasteiger partial charge < -0.3 is 14.2 Å². The summed E-state index contributed by atoms with van der Waals surface area (Å²) < 4.78 is 18.1. The monoisotopic (exact) mass is 544 g/mol. The third kappa shape index (κ3) is 6.71. The van der Waals surface area contributed by atoms with Crippen LogP contribution in [0, 0.1) is 3.57 Å². The molecule has 0 radical (unpaired) electrons. The lowest BCUT2D eigenvalue weighted by molar-refractivity contribution is 0.0955. The molecule has 0 unspecified atom stereocenters. The Bertz CT molecular complexity index is 1050. The van der Waals surface area contributed by atoms with Gasteiger partial charge in [-0.1, -0.05) is 30.3 Å². The molecule has 0 heterocycles. The van der Waals surface area contributed by atoms with Gasteiger partial charge in [-0.25, -0.2) is 5.43 Å². The van der Waals surface area contributed by atoms with Gasteiger partial charge in [-0.15, -0.1) is 0 Å². The molecule has 0 spiro atoms. The van der Waals surface area contributed by atoms with Crippen molar-refractivity contribution in [1.29, 1.82) is 0 Å². The number of rotatable bonds is 10. The minimum atomic E-state index is -0.299. The minimum Gasteiger partial charge on any atom is -0.494 e. The summed E-state index contributed by atoms with van der Waals surface area (Å²) in [6, 6.07) is 20.6. The minimum absolute atomic E-state index is 0.299. The number of amides is 1. The zero-order chi connectivity index (χ0) is 22.8. The number of nitrogens with one attached hydrogen (secondary N) is 1. The standard InChI is InChI=1S/C25H25IN2O4/c1-3-30-21-12-10-20(11-13-21)25(29)28-27-16-19-14-22(26)24(23(15-19)31-4-2)32-17-18-8-6-5-7-9-18/h5-16H,3-4,17H2,1-2H3,(H,28,29)/b27-16+. The van der Waals surface area contributed by atoms with Crippen molar-refractivity contribution in [2.75, 3.05) is 13.2 Å². The molecule has 0 aliphatic heterocycles. The van der Waals surface area contributed by atoms with Crippen molar-refractivity contribution in [3.8, 4) is 17.2 Å². The summed E-state index contributed by atoms with van der Waals surface area (Å²) in [5.74, 6) is 1.74. The maximum Gasteiger partial charge on any atom is 0.271 e. The number of carbonyl (C=O) groups is 1. The molecule has 3 aromatic rings. The average molecular weight is 544 g/mol. The molecule has 0 saturated carbocycles. The summed E-state index contributed by atoms with van der Waals surface area (Å²) >= 11 is 2.21. The van der Waals surface area contributed by atoms with Crippen LogP contribution < -0.4 is 19.6 Å². The molecule has 3 rings (SSSR count). The van der Waals surface area contributed by atoms with E-state index in [4.69, 9.17) is 14.2 Å². The van der Waals surface area contributed by atoms with Crippen LogP contribution in [-0.2, 0) is 6.61 Å². The van der Waals surface area contributed by atoms with Crippen LogP contribution in [0.2, 0.25) is 0 Å². The maximum absolute atomic E-state index is 12.3. The Morgan fingerprint density at radius 1 is 0.969 bits per heavy atom. The van der Waals surface area contributed by atoms with E-state index >= 15 is 0 Å². The molecule has 0 fully saturated rings. The van der Waals surface area contributed by atoms with Crippen molar-refractivity contribution in [3.05, 3.63) is 87.0 Å². The Labute approximate surface area is 201 Å². The van der Waals surface area contributed by atoms with Gasteiger partial charge in [0, 0.05) is 5.56 Å². The van der Waals surface area contributed by atoms with Gasteiger partial charge in [-0.05, 0) is 84.0 Å². The highest BCUT2D eigenvalue weighted by molar-refractivity contribution is 14.1. The molecule has 0 saturated heterocycles. The molecule has 0 aliphatic rings. The Morgan fingerprint density at radius 3 is 2.38 bits per heavy atom. The Kier molecular flexibility index (Phi) is 8.91. The number of halogens is 1. The predicted octanol–water partition coefficient (Wildman–Crippen LogP) is 5.43. The zero-order valence-electron chi connectivity index (χ0n) is 18.0. The van der Waals surface area contributed by atoms with E-state index < -0.39 is 0 Å². The smallest absolute Gasteiger partial charge is 0.271 e. The molecule has 0 aromatic heterocycles. The van der Waals surface area contributed by atoms with E-state index in [9.17, 15) is 4.79 Å². The van der Waals surface area contributed by atoms with Gasteiger partial charge in [0.05, 0.1) is 23.0 Å². The van der Waals surface area contributed by atoms with Gasteiger partial charge in [0.2, 0.25) is 0 Å². The van der Waals surface area contributed by atoms with Crippen LogP contribution >= 0.6 is 22.6 Å². The van der Waals surface area contributed by atoms with Gasteiger partial charge in [0.15, 0.2) is 11.5 Å². The highest BCUT2D eigenvalue weighted by Crippen LogP contribution is 2.34. The molecular weight excluding hydrogens is 519 g/mol.